The van der Waals surface area contributed by atoms with Crippen LogP contribution in [0, 0.1) is 5.82 Å². The maximum Gasteiger partial charge on any atom is 0.255 e. The van der Waals surface area contributed by atoms with Crippen LogP contribution in [0.15, 0.2) is 89.8 Å². The summed E-state index contributed by atoms with van der Waals surface area (Å²) in [7, 11) is 4.66. The highest BCUT2D eigenvalue weighted by molar-refractivity contribution is 8.00. The van der Waals surface area contributed by atoms with Crippen molar-refractivity contribution >= 4 is 29.2 Å². The third-order valence-electron chi connectivity index (χ3n) is 5.88. The van der Waals surface area contributed by atoms with E-state index in [9.17, 15) is 9.18 Å². The third kappa shape index (κ3) is 6.94. The molecule has 0 bridgehead atoms. The van der Waals surface area contributed by atoms with Gasteiger partial charge in [0, 0.05) is 24.5 Å². The van der Waals surface area contributed by atoms with E-state index < -0.39 is 0 Å². The molecule has 1 amide bonds. The van der Waals surface area contributed by atoms with Crippen LogP contribution in [0.3, 0.4) is 0 Å². The van der Waals surface area contributed by atoms with Crippen molar-refractivity contribution in [1.82, 2.24) is 5.32 Å². The normalized spacial score (nSPS) is 10.5. The molecule has 3 N–H and O–H groups in total. The summed E-state index contributed by atoms with van der Waals surface area (Å²) in [6.07, 6.45) is 0. The van der Waals surface area contributed by atoms with Gasteiger partial charge in [-0.2, -0.15) is 0 Å². The number of hydrogen-bond donors (Lipinski definition) is 3. The molecule has 0 aromatic heterocycles. The lowest BCUT2D eigenvalue weighted by Gasteiger charge is -2.14. The third-order valence-corrected chi connectivity index (χ3v) is 6.76. The topological polar surface area (TPSA) is 80.9 Å². The summed E-state index contributed by atoms with van der Waals surface area (Å²) in [5, 5.41) is 6.21. The fourth-order valence-electron chi connectivity index (χ4n) is 3.98. The molecule has 0 fully saturated rings. The number of carbonyl (C=O) groups is 1. The average molecular weight is 548 g/mol. The number of ether oxygens (including phenoxy) is 3. The van der Waals surface area contributed by atoms with Crippen LogP contribution < -0.4 is 29.6 Å². The van der Waals surface area contributed by atoms with Gasteiger partial charge in [0.1, 0.15) is 23.1 Å². The maximum atomic E-state index is 14.7. The highest BCUT2D eigenvalue weighted by Gasteiger charge is 2.15. The monoisotopic (exact) mass is 547 g/mol. The van der Waals surface area contributed by atoms with Gasteiger partial charge in [0.15, 0.2) is 0 Å². The SMILES string of the molecule is COc1ccc(-c2c(F)cccc2OC)cc1SNc1cccc(NCCNC(=O)c2ccccc2OC)c1. The molecule has 0 unspecified atom stereocenters. The van der Waals surface area contributed by atoms with Crippen LogP contribution in [0.5, 0.6) is 17.2 Å². The first-order valence-electron chi connectivity index (χ1n) is 12.2. The predicted molar refractivity (Wildman–Crippen MR) is 155 cm³/mol. The van der Waals surface area contributed by atoms with Crippen molar-refractivity contribution in [1.29, 1.82) is 0 Å². The van der Waals surface area contributed by atoms with E-state index in [1.54, 1.807) is 50.6 Å². The highest BCUT2D eigenvalue weighted by atomic mass is 32.2. The van der Waals surface area contributed by atoms with E-state index in [1.807, 2.05) is 42.5 Å². The molecule has 0 saturated heterocycles. The Labute approximate surface area is 231 Å². The van der Waals surface area contributed by atoms with Crippen LogP contribution in [0.4, 0.5) is 15.8 Å². The van der Waals surface area contributed by atoms with Crippen LogP contribution >= 0.6 is 11.9 Å². The molecule has 0 saturated carbocycles. The summed E-state index contributed by atoms with van der Waals surface area (Å²) in [5.74, 6) is 1.11. The number of hydrogen-bond acceptors (Lipinski definition) is 7. The second kappa shape index (κ2) is 13.4. The van der Waals surface area contributed by atoms with Gasteiger partial charge in [-0.25, -0.2) is 4.39 Å². The Bertz CT molecular complexity index is 1430. The summed E-state index contributed by atoms with van der Waals surface area (Å²) in [5.41, 5.74) is 3.33. The molecule has 0 heterocycles. The Balaban J connectivity index is 1.37. The van der Waals surface area contributed by atoms with Crippen LogP contribution in [0.1, 0.15) is 10.4 Å². The first kappa shape index (κ1) is 27.7. The van der Waals surface area contributed by atoms with Crippen LogP contribution in [0.2, 0.25) is 0 Å². The van der Waals surface area contributed by atoms with Crippen molar-refractivity contribution in [2.45, 2.75) is 4.90 Å². The van der Waals surface area contributed by atoms with E-state index in [4.69, 9.17) is 14.2 Å². The number of benzene rings is 4. The van der Waals surface area contributed by atoms with Gasteiger partial charge in [-0.05, 0) is 72.1 Å². The molecule has 7 nitrogen and oxygen atoms in total. The van der Waals surface area contributed by atoms with Crippen molar-refractivity contribution in [2.75, 3.05) is 44.5 Å². The van der Waals surface area contributed by atoms with Gasteiger partial charge in [-0.15, -0.1) is 0 Å². The summed E-state index contributed by atoms with van der Waals surface area (Å²) < 4.78 is 34.1. The summed E-state index contributed by atoms with van der Waals surface area (Å²) in [6.45, 7) is 0.977. The van der Waals surface area contributed by atoms with Crippen molar-refractivity contribution in [3.05, 3.63) is 96.3 Å². The number of anilines is 2. The lowest BCUT2D eigenvalue weighted by atomic mass is 10.0. The molecular formula is C30H30FN3O4S. The largest absolute Gasteiger partial charge is 0.496 e. The van der Waals surface area contributed by atoms with Gasteiger partial charge in [0.05, 0.1) is 37.4 Å². The van der Waals surface area contributed by atoms with Crippen LogP contribution in [0.25, 0.3) is 11.1 Å². The molecule has 0 radical (unpaired) electrons. The number of halogens is 1. The first-order valence-corrected chi connectivity index (χ1v) is 13.0. The number of methoxy groups -OCH3 is 3. The van der Waals surface area contributed by atoms with Gasteiger partial charge in [-0.3, -0.25) is 4.79 Å². The minimum atomic E-state index is -0.360. The molecule has 39 heavy (non-hydrogen) atoms. The van der Waals surface area contributed by atoms with Crippen molar-refractivity contribution in [2.24, 2.45) is 0 Å². The Kier molecular flexibility index (Phi) is 9.53. The number of nitrogens with one attached hydrogen (secondary N) is 3. The zero-order valence-electron chi connectivity index (χ0n) is 21.9. The van der Waals surface area contributed by atoms with Crippen molar-refractivity contribution in [3.63, 3.8) is 0 Å². The fraction of sp³-hybridized carbons (Fsp3) is 0.167. The number of amides is 1. The van der Waals surface area contributed by atoms with Crippen LogP contribution in [-0.4, -0.2) is 40.3 Å². The molecular weight excluding hydrogens is 517 g/mol. The summed E-state index contributed by atoms with van der Waals surface area (Å²) in [6, 6.07) is 25.1. The summed E-state index contributed by atoms with van der Waals surface area (Å²) >= 11 is 1.36. The predicted octanol–water partition coefficient (Wildman–Crippen LogP) is 6.48. The van der Waals surface area contributed by atoms with E-state index in [-0.39, 0.29) is 11.7 Å². The second-order valence-corrected chi connectivity index (χ2v) is 9.20. The van der Waals surface area contributed by atoms with Gasteiger partial charge < -0.3 is 29.6 Å². The lowest BCUT2D eigenvalue weighted by molar-refractivity contribution is 0.0952. The van der Waals surface area contributed by atoms with Gasteiger partial charge in [-0.1, -0.05) is 30.3 Å². The minimum Gasteiger partial charge on any atom is -0.496 e. The first-order chi connectivity index (χ1) is 19.0. The maximum absolute atomic E-state index is 14.7. The molecule has 0 aliphatic carbocycles. The molecule has 4 aromatic carbocycles. The Hall–Kier alpha value is -4.37. The minimum absolute atomic E-state index is 0.190. The zero-order valence-corrected chi connectivity index (χ0v) is 22.7. The van der Waals surface area contributed by atoms with E-state index >= 15 is 0 Å². The summed E-state index contributed by atoms with van der Waals surface area (Å²) in [4.78, 5) is 13.3. The highest BCUT2D eigenvalue weighted by Crippen LogP contribution is 2.38. The van der Waals surface area contributed by atoms with Crippen molar-refractivity contribution in [3.8, 4) is 28.4 Å². The standard InChI is InChI=1S/C30H30FN3O4S/c1-36-25-12-5-4-10-23(25)30(35)33-17-16-32-21-8-6-9-22(19-21)34-39-28-18-20(14-15-26(28)37-2)29-24(31)11-7-13-27(29)38-3/h4-15,18-19,32,34H,16-17H2,1-3H3,(H,33,35). The lowest BCUT2D eigenvalue weighted by Crippen LogP contribution is -2.29. The van der Waals surface area contributed by atoms with Crippen molar-refractivity contribution < 1.29 is 23.4 Å². The number of para-hydroxylation sites is 1. The average Bonchev–Trinajstić information content (AvgIpc) is 2.98. The fourth-order valence-corrected chi connectivity index (χ4v) is 4.78. The van der Waals surface area contributed by atoms with Gasteiger partial charge in [0.25, 0.3) is 5.91 Å². The molecule has 0 spiro atoms. The Morgan fingerprint density at radius 3 is 2.28 bits per heavy atom. The molecule has 0 aliphatic rings. The second-order valence-electron chi connectivity index (χ2n) is 8.35. The molecule has 9 heteroatoms. The zero-order chi connectivity index (χ0) is 27.6. The smallest absolute Gasteiger partial charge is 0.255 e. The van der Waals surface area contributed by atoms with E-state index in [0.29, 0.717) is 47.0 Å². The number of carbonyl (C=O) groups excluding carboxylic acids is 1. The van der Waals surface area contributed by atoms with Gasteiger partial charge >= 0.3 is 0 Å². The Morgan fingerprint density at radius 1 is 0.769 bits per heavy atom. The van der Waals surface area contributed by atoms with E-state index in [0.717, 1.165) is 16.3 Å². The number of rotatable bonds is 12. The Morgan fingerprint density at radius 2 is 1.49 bits per heavy atom. The van der Waals surface area contributed by atoms with E-state index in [2.05, 4.69) is 15.4 Å². The quantitative estimate of drug-likeness (QED) is 0.138. The molecule has 4 aromatic rings. The van der Waals surface area contributed by atoms with Gasteiger partial charge in [0.2, 0.25) is 0 Å². The molecule has 0 aliphatic heterocycles. The molecule has 4 rings (SSSR count). The van der Waals surface area contributed by atoms with Crippen LogP contribution in [-0.2, 0) is 0 Å². The molecule has 202 valence electrons. The van der Waals surface area contributed by atoms with E-state index in [1.165, 1.54) is 25.1 Å². The molecule has 0 atom stereocenters.